The van der Waals surface area contributed by atoms with Crippen molar-refractivity contribution in [3.05, 3.63) is 93.9 Å². The van der Waals surface area contributed by atoms with Crippen molar-refractivity contribution >= 4 is 11.6 Å². The summed E-state index contributed by atoms with van der Waals surface area (Å²) >= 11 is 0. The number of aryl methyl sites for hydroxylation is 1. The Balaban J connectivity index is 1.81. The van der Waals surface area contributed by atoms with E-state index in [1.807, 2.05) is 61.5 Å². The van der Waals surface area contributed by atoms with Crippen molar-refractivity contribution in [2.24, 2.45) is 0 Å². The number of rotatable bonds is 4. The summed E-state index contributed by atoms with van der Waals surface area (Å²) in [6.07, 6.45) is 0. The molecule has 0 fully saturated rings. The first-order valence-corrected chi connectivity index (χ1v) is 7.62. The van der Waals surface area contributed by atoms with Crippen molar-refractivity contribution in [1.82, 2.24) is 9.78 Å². The number of nitrogens with zero attached hydrogens (tertiary/aromatic N) is 2. The van der Waals surface area contributed by atoms with E-state index < -0.39 is 0 Å². The predicted molar refractivity (Wildman–Crippen MR) is 93.2 cm³/mol. The number of amides is 1. The van der Waals surface area contributed by atoms with Crippen LogP contribution in [-0.4, -0.2) is 15.7 Å². The number of carbonyl (C=O) groups excluding carboxylic acids is 1. The quantitative estimate of drug-likeness (QED) is 0.804. The number of carbonyl (C=O) groups is 1. The lowest BCUT2D eigenvalue weighted by Gasteiger charge is -2.08. The highest BCUT2D eigenvalue weighted by molar-refractivity contribution is 6.02. The highest BCUT2D eigenvalue weighted by atomic mass is 16.2. The van der Waals surface area contributed by atoms with Gasteiger partial charge in [-0.1, -0.05) is 48.0 Å². The van der Waals surface area contributed by atoms with Gasteiger partial charge in [-0.25, -0.2) is 4.68 Å². The summed E-state index contributed by atoms with van der Waals surface area (Å²) in [6, 6.07) is 19.8. The summed E-state index contributed by atoms with van der Waals surface area (Å²) in [5, 5.41) is 6.95. The molecule has 3 aromatic rings. The molecule has 24 heavy (non-hydrogen) atoms. The van der Waals surface area contributed by atoms with E-state index >= 15 is 0 Å². The smallest absolute Gasteiger partial charge is 0.276 e. The van der Waals surface area contributed by atoms with Crippen molar-refractivity contribution in [3.63, 3.8) is 0 Å². The monoisotopic (exact) mass is 319 g/mol. The molecule has 0 saturated carbocycles. The molecule has 0 aliphatic carbocycles. The van der Waals surface area contributed by atoms with Gasteiger partial charge in [0.05, 0.1) is 6.54 Å². The van der Waals surface area contributed by atoms with Crippen LogP contribution in [0.3, 0.4) is 0 Å². The van der Waals surface area contributed by atoms with Crippen LogP contribution >= 0.6 is 0 Å². The second-order valence-electron chi connectivity index (χ2n) is 5.52. The van der Waals surface area contributed by atoms with E-state index in [1.165, 1.54) is 16.8 Å². The number of hydrogen-bond acceptors (Lipinski definition) is 3. The van der Waals surface area contributed by atoms with Crippen LogP contribution in [0.1, 0.15) is 21.6 Å². The molecule has 2 aromatic carbocycles. The van der Waals surface area contributed by atoms with E-state index in [2.05, 4.69) is 10.4 Å². The van der Waals surface area contributed by atoms with Crippen molar-refractivity contribution < 1.29 is 4.79 Å². The maximum absolute atomic E-state index is 12.3. The largest absolute Gasteiger partial charge is 0.321 e. The van der Waals surface area contributed by atoms with Crippen molar-refractivity contribution in [3.8, 4) is 0 Å². The number of aromatic nitrogens is 2. The van der Waals surface area contributed by atoms with Gasteiger partial charge < -0.3 is 5.32 Å². The third kappa shape index (κ3) is 3.76. The van der Waals surface area contributed by atoms with Gasteiger partial charge in [0.2, 0.25) is 0 Å². The summed E-state index contributed by atoms with van der Waals surface area (Å²) in [5.41, 5.74) is 2.70. The summed E-state index contributed by atoms with van der Waals surface area (Å²) in [7, 11) is 0. The maximum Gasteiger partial charge on any atom is 0.276 e. The van der Waals surface area contributed by atoms with Crippen LogP contribution in [0.25, 0.3) is 0 Å². The molecule has 5 nitrogen and oxygen atoms in total. The number of hydrogen-bond donors (Lipinski definition) is 1. The SMILES string of the molecule is Cc1ccc(NC(=O)c2ccc(=O)n(Cc3ccccc3)n2)cc1. The first kappa shape index (κ1) is 15.7. The van der Waals surface area contributed by atoms with Gasteiger partial charge in [-0.15, -0.1) is 0 Å². The predicted octanol–water partition coefficient (Wildman–Crippen LogP) is 2.85. The molecule has 0 saturated heterocycles. The van der Waals surface area contributed by atoms with E-state index in [0.717, 1.165) is 11.1 Å². The Morgan fingerprint density at radius 2 is 1.71 bits per heavy atom. The molecule has 1 aromatic heterocycles. The Hall–Kier alpha value is -3.21. The average molecular weight is 319 g/mol. The highest BCUT2D eigenvalue weighted by Gasteiger charge is 2.10. The van der Waals surface area contributed by atoms with Crippen molar-refractivity contribution in [1.29, 1.82) is 0 Å². The molecule has 0 bridgehead atoms. The fourth-order valence-electron chi connectivity index (χ4n) is 2.27. The van der Waals surface area contributed by atoms with Gasteiger partial charge in [-0.2, -0.15) is 5.10 Å². The van der Waals surface area contributed by atoms with E-state index in [1.54, 1.807) is 0 Å². The number of benzene rings is 2. The minimum atomic E-state index is -0.347. The topological polar surface area (TPSA) is 64.0 Å². The van der Waals surface area contributed by atoms with Gasteiger partial charge in [-0.3, -0.25) is 9.59 Å². The minimum absolute atomic E-state index is 0.200. The molecule has 120 valence electrons. The summed E-state index contributed by atoms with van der Waals surface area (Å²) in [6.45, 7) is 2.30. The Morgan fingerprint density at radius 3 is 2.42 bits per heavy atom. The van der Waals surface area contributed by atoms with Crippen LogP contribution in [0.2, 0.25) is 0 Å². The lowest BCUT2D eigenvalue weighted by Crippen LogP contribution is -2.26. The zero-order valence-corrected chi connectivity index (χ0v) is 13.3. The van der Waals surface area contributed by atoms with Gasteiger partial charge in [0.1, 0.15) is 5.69 Å². The standard InChI is InChI=1S/C19H17N3O2/c1-14-7-9-16(10-8-14)20-19(24)17-11-12-18(23)22(21-17)13-15-5-3-2-4-6-15/h2-12H,13H2,1H3,(H,20,24). The fourth-order valence-corrected chi connectivity index (χ4v) is 2.27. The third-order valence-electron chi connectivity index (χ3n) is 3.58. The van der Waals surface area contributed by atoms with Crippen molar-refractivity contribution in [2.45, 2.75) is 13.5 Å². The van der Waals surface area contributed by atoms with Gasteiger partial charge in [0.25, 0.3) is 11.5 Å². The van der Waals surface area contributed by atoms with Crippen LogP contribution in [0.4, 0.5) is 5.69 Å². The fraction of sp³-hybridized carbons (Fsp3) is 0.105. The summed E-state index contributed by atoms with van der Waals surface area (Å²) < 4.78 is 1.29. The van der Waals surface area contributed by atoms with Crippen LogP contribution in [0.15, 0.2) is 71.5 Å². The average Bonchev–Trinajstić information content (AvgIpc) is 2.60. The Labute approximate surface area is 139 Å². The van der Waals surface area contributed by atoms with E-state index in [-0.39, 0.29) is 17.2 Å². The maximum atomic E-state index is 12.3. The molecule has 0 aliphatic rings. The molecule has 0 radical (unpaired) electrons. The van der Waals surface area contributed by atoms with Gasteiger partial charge in [0, 0.05) is 11.8 Å². The Kier molecular flexibility index (Phi) is 4.52. The van der Waals surface area contributed by atoms with Crippen LogP contribution in [-0.2, 0) is 6.54 Å². The van der Waals surface area contributed by atoms with Gasteiger partial charge >= 0.3 is 0 Å². The first-order chi connectivity index (χ1) is 11.6. The zero-order chi connectivity index (χ0) is 16.9. The molecule has 1 N–H and O–H groups in total. The van der Waals surface area contributed by atoms with E-state index in [9.17, 15) is 9.59 Å². The first-order valence-electron chi connectivity index (χ1n) is 7.62. The molecular weight excluding hydrogens is 302 g/mol. The summed E-state index contributed by atoms with van der Waals surface area (Å²) in [5.74, 6) is -0.347. The van der Waals surface area contributed by atoms with Crippen LogP contribution < -0.4 is 10.9 Å². The molecule has 0 unspecified atom stereocenters. The number of anilines is 1. The zero-order valence-electron chi connectivity index (χ0n) is 13.3. The molecular formula is C19H17N3O2. The number of nitrogens with one attached hydrogen (secondary N) is 1. The Morgan fingerprint density at radius 1 is 1.00 bits per heavy atom. The normalized spacial score (nSPS) is 10.4. The second kappa shape index (κ2) is 6.91. The molecule has 1 heterocycles. The van der Waals surface area contributed by atoms with E-state index in [4.69, 9.17) is 0 Å². The third-order valence-corrected chi connectivity index (χ3v) is 3.58. The lowest BCUT2D eigenvalue weighted by atomic mass is 10.2. The van der Waals surface area contributed by atoms with Crippen LogP contribution in [0.5, 0.6) is 0 Å². The molecule has 5 heteroatoms. The van der Waals surface area contributed by atoms with Gasteiger partial charge in [0.15, 0.2) is 0 Å². The van der Waals surface area contributed by atoms with Crippen LogP contribution in [0, 0.1) is 6.92 Å². The highest BCUT2D eigenvalue weighted by Crippen LogP contribution is 2.10. The van der Waals surface area contributed by atoms with Gasteiger partial charge in [-0.05, 0) is 30.7 Å². The molecule has 1 amide bonds. The second-order valence-corrected chi connectivity index (χ2v) is 5.52. The van der Waals surface area contributed by atoms with E-state index in [0.29, 0.717) is 12.2 Å². The lowest BCUT2D eigenvalue weighted by molar-refractivity contribution is 0.102. The van der Waals surface area contributed by atoms with Crippen molar-refractivity contribution in [2.75, 3.05) is 5.32 Å². The molecule has 0 spiro atoms. The molecule has 0 atom stereocenters. The molecule has 3 rings (SSSR count). The Bertz CT molecular complexity index is 900. The minimum Gasteiger partial charge on any atom is -0.321 e. The summed E-state index contributed by atoms with van der Waals surface area (Å²) in [4.78, 5) is 24.3. The molecule has 0 aliphatic heterocycles.